The molecule has 16 heavy (non-hydrogen) atoms. The number of phenols is 1. The maximum atomic E-state index is 13.0. The molecule has 2 rings (SSSR count). The number of hydrogen-bond donors (Lipinski definition) is 3. The van der Waals surface area contributed by atoms with Gasteiger partial charge in [-0.2, -0.15) is 0 Å². The zero-order valence-corrected chi connectivity index (χ0v) is 9.15. The zero-order valence-electron chi connectivity index (χ0n) is 9.15. The third-order valence-corrected chi connectivity index (χ3v) is 3.05. The van der Waals surface area contributed by atoms with Crippen molar-refractivity contribution in [3.05, 3.63) is 29.6 Å². The topological polar surface area (TPSA) is 52.5 Å². The minimum Gasteiger partial charge on any atom is -0.508 e. The summed E-state index contributed by atoms with van der Waals surface area (Å²) in [6.45, 7) is 1.87. The highest BCUT2D eigenvalue weighted by Crippen LogP contribution is 2.28. The van der Waals surface area contributed by atoms with Gasteiger partial charge >= 0.3 is 0 Å². The Kier molecular flexibility index (Phi) is 3.12. The summed E-state index contributed by atoms with van der Waals surface area (Å²) in [6.07, 6.45) is 1.23. The van der Waals surface area contributed by atoms with Crippen LogP contribution in [0.25, 0.3) is 0 Å². The molecule has 4 heteroatoms. The van der Waals surface area contributed by atoms with Gasteiger partial charge in [0.25, 0.3) is 0 Å². The van der Waals surface area contributed by atoms with Gasteiger partial charge in [0.1, 0.15) is 11.6 Å². The first-order valence-electron chi connectivity index (χ1n) is 5.49. The number of aromatic hydroxyl groups is 1. The van der Waals surface area contributed by atoms with Crippen LogP contribution in [0, 0.1) is 5.82 Å². The molecular formula is C12H16FNO2. The molecule has 1 aliphatic rings. The van der Waals surface area contributed by atoms with Gasteiger partial charge in [-0.15, -0.1) is 0 Å². The Morgan fingerprint density at radius 3 is 2.75 bits per heavy atom. The van der Waals surface area contributed by atoms with Crippen LogP contribution in [0.3, 0.4) is 0 Å². The molecule has 3 nitrogen and oxygen atoms in total. The van der Waals surface area contributed by atoms with Crippen molar-refractivity contribution in [1.29, 1.82) is 0 Å². The van der Waals surface area contributed by atoms with Gasteiger partial charge in [0, 0.05) is 17.6 Å². The van der Waals surface area contributed by atoms with Gasteiger partial charge in [-0.3, -0.25) is 0 Å². The van der Waals surface area contributed by atoms with Crippen LogP contribution >= 0.6 is 0 Å². The molecule has 1 aromatic rings. The van der Waals surface area contributed by atoms with Crippen LogP contribution in [0.15, 0.2) is 18.2 Å². The van der Waals surface area contributed by atoms with Gasteiger partial charge in [0.05, 0.1) is 6.10 Å². The molecule has 3 N–H and O–H groups in total. The Bertz CT molecular complexity index is 377. The second kappa shape index (κ2) is 4.39. The molecule has 0 amide bonds. The van der Waals surface area contributed by atoms with Crippen molar-refractivity contribution in [1.82, 2.24) is 5.32 Å². The number of halogens is 1. The monoisotopic (exact) mass is 225 g/mol. The summed E-state index contributed by atoms with van der Waals surface area (Å²) >= 11 is 0. The second-order valence-electron chi connectivity index (χ2n) is 4.41. The zero-order chi connectivity index (χ0) is 11.7. The molecule has 1 atom stereocenters. The van der Waals surface area contributed by atoms with E-state index in [-0.39, 0.29) is 29.8 Å². The maximum absolute atomic E-state index is 13.0. The highest BCUT2D eigenvalue weighted by molar-refractivity contribution is 5.35. The van der Waals surface area contributed by atoms with Gasteiger partial charge in [-0.25, -0.2) is 4.39 Å². The van der Waals surface area contributed by atoms with E-state index in [4.69, 9.17) is 5.11 Å². The summed E-state index contributed by atoms with van der Waals surface area (Å²) in [4.78, 5) is 0. The molecule has 0 spiro atoms. The van der Waals surface area contributed by atoms with Crippen molar-refractivity contribution in [2.75, 3.05) is 0 Å². The molecule has 1 aromatic carbocycles. The second-order valence-corrected chi connectivity index (χ2v) is 4.41. The summed E-state index contributed by atoms with van der Waals surface area (Å²) in [7, 11) is 0. The Morgan fingerprint density at radius 2 is 2.12 bits per heavy atom. The van der Waals surface area contributed by atoms with Crippen molar-refractivity contribution in [2.45, 2.75) is 38.0 Å². The first-order chi connectivity index (χ1) is 7.56. The lowest BCUT2D eigenvalue weighted by atomic mass is 9.88. The van der Waals surface area contributed by atoms with Gasteiger partial charge < -0.3 is 15.5 Å². The van der Waals surface area contributed by atoms with Crippen LogP contribution in [0.4, 0.5) is 4.39 Å². The number of benzene rings is 1. The summed E-state index contributed by atoms with van der Waals surface area (Å²) < 4.78 is 13.0. The smallest absolute Gasteiger partial charge is 0.123 e. The molecule has 88 valence electrons. The van der Waals surface area contributed by atoms with Crippen molar-refractivity contribution in [2.24, 2.45) is 0 Å². The highest BCUT2D eigenvalue weighted by atomic mass is 19.1. The SMILES string of the molecule is CC(NC1CC(O)C1)c1cc(F)ccc1O. The molecule has 0 saturated heterocycles. The van der Waals surface area contributed by atoms with Crippen LogP contribution in [-0.4, -0.2) is 22.4 Å². The van der Waals surface area contributed by atoms with Gasteiger partial charge in [-0.1, -0.05) is 0 Å². The van der Waals surface area contributed by atoms with Gasteiger partial charge in [-0.05, 0) is 38.0 Å². The average molecular weight is 225 g/mol. The average Bonchev–Trinajstić information content (AvgIpc) is 2.19. The van der Waals surface area contributed by atoms with Crippen molar-refractivity contribution in [3.63, 3.8) is 0 Å². The van der Waals surface area contributed by atoms with E-state index in [2.05, 4.69) is 5.32 Å². The summed E-state index contributed by atoms with van der Waals surface area (Å²) in [5.41, 5.74) is 0.557. The van der Waals surface area contributed by atoms with Gasteiger partial charge in [0.15, 0.2) is 0 Å². The van der Waals surface area contributed by atoms with Crippen molar-refractivity contribution in [3.8, 4) is 5.75 Å². The normalized spacial score (nSPS) is 26.2. The minimum atomic E-state index is -0.352. The Morgan fingerprint density at radius 1 is 1.44 bits per heavy atom. The van der Waals surface area contributed by atoms with Crippen LogP contribution in [-0.2, 0) is 0 Å². The summed E-state index contributed by atoms with van der Waals surface area (Å²) in [5, 5.41) is 22.0. The van der Waals surface area contributed by atoms with Crippen LogP contribution in [0.5, 0.6) is 5.75 Å². The molecule has 1 aliphatic carbocycles. The van der Waals surface area contributed by atoms with Gasteiger partial charge in [0.2, 0.25) is 0 Å². The standard InChI is InChI=1S/C12H16FNO2/c1-7(14-9-5-10(15)6-9)11-4-8(13)2-3-12(11)16/h2-4,7,9-10,14-16H,5-6H2,1H3. The molecule has 0 bridgehead atoms. The molecule has 1 saturated carbocycles. The minimum absolute atomic E-state index is 0.0984. The number of aliphatic hydroxyl groups is 1. The lowest BCUT2D eigenvalue weighted by Crippen LogP contribution is -2.45. The first kappa shape index (κ1) is 11.4. The molecule has 0 radical (unpaired) electrons. The fraction of sp³-hybridized carbons (Fsp3) is 0.500. The van der Waals surface area contributed by atoms with E-state index in [1.807, 2.05) is 6.92 Å². The Hall–Kier alpha value is -1.13. The number of nitrogens with one attached hydrogen (secondary N) is 1. The highest BCUT2D eigenvalue weighted by Gasteiger charge is 2.28. The summed E-state index contributed by atoms with van der Waals surface area (Å²) in [5.74, 6) is -0.253. The quantitative estimate of drug-likeness (QED) is 0.734. The lowest BCUT2D eigenvalue weighted by molar-refractivity contribution is 0.0584. The Balaban J connectivity index is 2.02. The molecule has 0 aromatic heterocycles. The lowest BCUT2D eigenvalue weighted by Gasteiger charge is -2.34. The summed E-state index contributed by atoms with van der Waals surface area (Å²) in [6, 6.07) is 4.07. The van der Waals surface area contributed by atoms with Crippen molar-refractivity contribution >= 4 is 0 Å². The number of rotatable bonds is 3. The molecular weight excluding hydrogens is 209 g/mol. The number of aliphatic hydroxyl groups excluding tert-OH is 1. The predicted octanol–water partition coefficient (Wildman–Crippen LogP) is 1.71. The fourth-order valence-corrected chi connectivity index (χ4v) is 2.04. The van der Waals surface area contributed by atoms with Crippen LogP contribution in [0.1, 0.15) is 31.4 Å². The molecule has 0 aliphatic heterocycles. The van der Waals surface area contributed by atoms with E-state index < -0.39 is 0 Å². The van der Waals surface area contributed by atoms with Crippen LogP contribution < -0.4 is 5.32 Å². The van der Waals surface area contributed by atoms with E-state index in [1.54, 1.807) is 0 Å². The molecule has 0 heterocycles. The number of phenolic OH excluding ortho intramolecular Hbond substituents is 1. The van der Waals surface area contributed by atoms with E-state index in [9.17, 15) is 9.50 Å². The van der Waals surface area contributed by atoms with Crippen LogP contribution in [0.2, 0.25) is 0 Å². The van der Waals surface area contributed by atoms with E-state index in [0.29, 0.717) is 5.56 Å². The third-order valence-electron chi connectivity index (χ3n) is 3.05. The largest absolute Gasteiger partial charge is 0.508 e. The van der Waals surface area contributed by atoms with E-state index in [1.165, 1.54) is 18.2 Å². The van der Waals surface area contributed by atoms with E-state index >= 15 is 0 Å². The van der Waals surface area contributed by atoms with E-state index in [0.717, 1.165) is 12.8 Å². The predicted molar refractivity (Wildman–Crippen MR) is 58.6 cm³/mol. The molecule has 1 fully saturated rings. The van der Waals surface area contributed by atoms with Crippen molar-refractivity contribution < 1.29 is 14.6 Å². The number of hydrogen-bond acceptors (Lipinski definition) is 3. The molecule has 1 unspecified atom stereocenters. The fourth-order valence-electron chi connectivity index (χ4n) is 2.04. The Labute approximate surface area is 93.9 Å². The maximum Gasteiger partial charge on any atom is 0.123 e. The third kappa shape index (κ3) is 2.33. The first-order valence-corrected chi connectivity index (χ1v) is 5.49.